The Kier molecular flexibility index (Phi) is 5.67. The van der Waals surface area contributed by atoms with E-state index in [1.54, 1.807) is 0 Å². The van der Waals surface area contributed by atoms with Crippen molar-refractivity contribution in [1.82, 2.24) is 10.2 Å². The minimum absolute atomic E-state index is 0.0825. The largest absolute Gasteiger partial charge is 0.493 e. The third-order valence-corrected chi connectivity index (χ3v) is 4.42. The topological polar surface area (TPSA) is 50.8 Å². The quantitative estimate of drug-likeness (QED) is 0.905. The second kappa shape index (κ2) is 7.96. The molecule has 0 radical (unpaired) electrons. The molecule has 1 heterocycles. The fourth-order valence-corrected chi connectivity index (χ4v) is 3.15. The molecular formula is C21H28N2O3. The van der Waals surface area contributed by atoms with Gasteiger partial charge in [-0.25, -0.2) is 4.79 Å². The van der Waals surface area contributed by atoms with Crippen LogP contribution in [0.2, 0.25) is 0 Å². The number of nitrogens with one attached hydrogen (secondary N) is 1. The lowest BCUT2D eigenvalue weighted by molar-refractivity contribution is 0.00985. The van der Waals surface area contributed by atoms with Gasteiger partial charge in [-0.05, 0) is 43.7 Å². The third-order valence-electron chi connectivity index (χ3n) is 4.42. The van der Waals surface area contributed by atoms with Crippen LogP contribution in [0.4, 0.5) is 4.79 Å². The third kappa shape index (κ3) is 4.88. The second-order valence-electron chi connectivity index (χ2n) is 7.68. The summed E-state index contributed by atoms with van der Waals surface area (Å²) in [6.45, 7) is 8.46. The van der Waals surface area contributed by atoms with Crippen LogP contribution in [-0.2, 0) is 4.74 Å². The van der Waals surface area contributed by atoms with E-state index in [0.29, 0.717) is 13.2 Å². The van der Waals surface area contributed by atoms with Crippen LogP contribution in [0.3, 0.4) is 0 Å². The maximum absolute atomic E-state index is 12.4. The summed E-state index contributed by atoms with van der Waals surface area (Å²) in [6, 6.07) is 14.4. The zero-order valence-corrected chi connectivity index (χ0v) is 15.8. The van der Waals surface area contributed by atoms with Gasteiger partial charge in [0.05, 0.1) is 12.6 Å². The van der Waals surface area contributed by atoms with Gasteiger partial charge in [0.15, 0.2) is 0 Å². The van der Waals surface area contributed by atoms with E-state index in [4.69, 9.17) is 9.47 Å². The van der Waals surface area contributed by atoms with Crippen LogP contribution in [-0.4, -0.2) is 48.9 Å². The molecule has 0 bridgehead atoms. The van der Waals surface area contributed by atoms with Crippen LogP contribution in [0, 0.1) is 0 Å². The highest BCUT2D eigenvalue weighted by molar-refractivity contribution is 5.83. The van der Waals surface area contributed by atoms with Crippen molar-refractivity contribution in [3.05, 3.63) is 42.5 Å². The molecule has 1 amide bonds. The normalized spacial score (nSPS) is 18.0. The van der Waals surface area contributed by atoms with E-state index in [-0.39, 0.29) is 12.1 Å². The summed E-state index contributed by atoms with van der Waals surface area (Å²) in [5.41, 5.74) is -0.478. The molecule has 2 aromatic rings. The minimum Gasteiger partial charge on any atom is -0.493 e. The monoisotopic (exact) mass is 356 g/mol. The van der Waals surface area contributed by atoms with E-state index in [0.717, 1.165) is 25.3 Å². The summed E-state index contributed by atoms with van der Waals surface area (Å²) in [7, 11) is 0. The standard InChI is InChI=1S/C21H28N2O3/c1-21(2,3)26-20(24)23-12-11-22-15-18(23)10-13-25-19-9-8-16-6-4-5-7-17(16)14-19/h4-9,14,18,22H,10-13,15H2,1-3H3/t18-/m1/s1. The Bertz CT molecular complexity index is 754. The maximum Gasteiger partial charge on any atom is 0.410 e. The van der Waals surface area contributed by atoms with Crippen molar-refractivity contribution in [2.75, 3.05) is 26.2 Å². The van der Waals surface area contributed by atoms with Crippen LogP contribution in [0.15, 0.2) is 42.5 Å². The van der Waals surface area contributed by atoms with Gasteiger partial charge in [0, 0.05) is 26.1 Å². The van der Waals surface area contributed by atoms with E-state index >= 15 is 0 Å². The van der Waals surface area contributed by atoms with E-state index in [9.17, 15) is 4.79 Å². The summed E-state index contributed by atoms with van der Waals surface area (Å²) in [6.07, 6.45) is 0.522. The molecule has 1 fully saturated rings. The fourth-order valence-electron chi connectivity index (χ4n) is 3.15. The van der Waals surface area contributed by atoms with Crippen LogP contribution >= 0.6 is 0 Å². The van der Waals surface area contributed by atoms with Crippen LogP contribution in [0.25, 0.3) is 10.8 Å². The number of fused-ring (bicyclic) bond motifs is 1. The highest BCUT2D eigenvalue weighted by atomic mass is 16.6. The van der Waals surface area contributed by atoms with E-state index in [1.807, 2.05) is 43.9 Å². The zero-order valence-electron chi connectivity index (χ0n) is 15.8. The number of hydrogen-bond acceptors (Lipinski definition) is 4. The van der Waals surface area contributed by atoms with E-state index in [2.05, 4.69) is 29.6 Å². The van der Waals surface area contributed by atoms with Gasteiger partial charge in [-0.1, -0.05) is 30.3 Å². The summed E-state index contributed by atoms with van der Waals surface area (Å²) >= 11 is 0. The number of piperazine rings is 1. The van der Waals surface area contributed by atoms with Crippen LogP contribution in [0.1, 0.15) is 27.2 Å². The molecule has 0 aromatic heterocycles. The summed E-state index contributed by atoms with van der Waals surface area (Å²) in [4.78, 5) is 14.3. The van der Waals surface area contributed by atoms with E-state index < -0.39 is 5.60 Å². The van der Waals surface area contributed by atoms with Gasteiger partial charge in [-0.3, -0.25) is 0 Å². The first kappa shape index (κ1) is 18.5. The molecule has 0 aliphatic carbocycles. The summed E-state index contributed by atoms with van der Waals surface area (Å²) < 4.78 is 11.5. The molecule has 1 N–H and O–H groups in total. The first-order valence-electron chi connectivity index (χ1n) is 9.24. The van der Waals surface area contributed by atoms with Crippen molar-refractivity contribution < 1.29 is 14.3 Å². The molecule has 1 aliphatic rings. The Morgan fingerprint density at radius 1 is 1.19 bits per heavy atom. The summed E-state index contributed by atoms with van der Waals surface area (Å²) in [5, 5.41) is 5.72. The number of ether oxygens (including phenoxy) is 2. The van der Waals surface area contributed by atoms with Gasteiger partial charge < -0.3 is 19.7 Å². The summed E-state index contributed by atoms with van der Waals surface area (Å²) in [5.74, 6) is 0.858. The number of amides is 1. The molecule has 0 spiro atoms. The molecule has 1 saturated heterocycles. The lowest BCUT2D eigenvalue weighted by Crippen LogP contribution is -2.55. The number of benzene rings is 2. The number of rotatable bonds is 4. The number of nitrogens with zero attached hydrogens (tertiary/aromatic N) is 1. The van der Waals surface area contributed by atoms with Crippen molar-refractivity contribution in [2.24, 2.45) is 0 Å². The highest BCUT2D eigenvalue weighted by Gasteiger charge is 2.30. The Balaban J connectivity index is 1.57. The molecule has 1 aliphatic heterocycles. The molecule has 140 valence electrons. The highest BCUT2D eigenvalue weighted by Crippen LogP contribution is 2.21. The number of carbonyl (C=O) groups excluding carboxylic acids is 1. The van der Waals surface area contributed by atoms with Crippen molar-refractivity contribution in [1.29, 1.82) is 0 Å². The van der Waals surface area contributed by atoms with Gasteiger partial charge in [0.2, 0.25) is 0 Å². The molecule has 5 heteroatoms. The molecular weight excluding hydrogens is 328 g/mol. The second-order valence-corrected chi connectivity index (χ2v) is 7.68. The van der Waals surface area contributed by atoms with E-state index in [1.165, 1.54) is 10.8 Å². The van der Waals surface area contributed by atoms with Crippen molar-refractivity contribution >= 4 is 16.9 Å². The lowest BCUT2D eigenvalue weighted by atomic mass is 10.1. The minimum atomic E-state index is -0.478. The zero-order chi connectivity index (χ0) is 18.6. The van der Waals surface area contributed by atoms with Gasteiger partial charge in [0.1, 0.15) is 11.4 Å². The first-order valence-corrected chi connectivity index (χ1v) is 9.24. The smallest absolute Gasteiger partial charge is 0.410 e. The average Bonchev–Trinajstić information content (AvgIpc) is 2.60. The van der Waals surface area contributed by atoms with Crippen molar-refractivity contribution in [3.8, 4) is 5.75 Å². The van der Waals surface area contributed by atoms with Crippen molar-refractivity contribution in [3.63, 3.8) is 0 Å². The molecule has 5 nitrogen and oxygen atoms in total. The van der Waals surface area contributed by atoms with Gasteiger partial charge in [0.25, 0.3) is 0 Å². The molecule has 0 unspecified atom stereocenters. The SMILES string of the molecule is CC(C)(C)OC(=O)N1CCNC[C@H]1CCOc1ccc2ccccc2c1. The molecule has 0 saturated carbocycles. The Labute approximate surface area is 155 Å². The van der Waals surface area contributed by atoms with Crippen molar-refractivity contribution in [2.45, 2.75) is 38.8 Å². The van der Waals surface area contributed by atoms with Gasteiger partial charge >= 0.3 is 6.09 Å². The lowest BCUT2D eigenvalue weighted by Gasteiger charge is -2.37. The number of carbonyl (C=O) groups is 1. The molecule has 3 rings (SSSR count). The van der Waals surface area contributed by atoms with Gasteiger partial charge in [-0.2, -0.15) is 0 Å². The number of hydrogen-bond donors (Lipinski definition) is 1. The Morgan fingerprint density at radius 2 is 1.96 bits per heavy atom. The molecule has 1 atom stereocenters. The van der Waals surface area contributed by atoms with Crippen LogP contribution < -0.4 is 10.1 Å². The predicted molar refractivity (Wildman–Crippen MR) is 104 cm³/mol. The Hall–Kier alpha value is -2.27. The Morgan fingerprint density at radius 3 is 2.73 bits per heavy atom. The fraction of sp³-hybridized carbons (Fsp3) is 0.476. The van der Waals surface area contributed by atoms with Crippen LogP contribution in [0.5, 0.6) is 5.75 Å². The molecule has 26 heavy (non-hydrogen) atoms. The van der Waals surface area contributed by atoms with Gasteiger partial charge in [-0.15, -0.1) is 0 Å². The average molecular weight is 356 g/mol. The first-order chi connectivity index (χ1) is 12.4. The maximum atomic E-state index is 12.4. The molecule has 2 aromatic carbocycles. The predicted octanol–water partition coefficient (Wildman–Crippen LogP) is 3.82.